The Bertz CT molecular complexity index is 920. The lowest BCUT2D eigenvalue weighted by atomic mass is 10.1. The van der Waals surface area contributed by atoms with Crippen LogP contribution in [-0.2, 0) is 25.0 Å². The van der Waals surface area contributed by atoms with Crippen molar-refractivity contribution < 1.29 is 9.53 Å². The lowest BCUT2D eigenvalue weighted by Gasteiger charge is -2.12. The van der Waals surface area contributed by atoms with E-state index >= 15 is 0 Å². The van der Waals surface area contributed by atoms with Crippen LogP contribution in [0.15, 0.2) is 48.8 Å². The largest absolute Gasteiger partial charge is 0.397 e. The number of ketones is 1. The van der Waals surface area contributed by atoms with Gasteiger partial charge in [-0.2, -0.15) is 5.10 Å². The van der Waals surface area contributed by atoms with E-state index in [2.05, 4.69) is 15.4 Å². The number of rotatable bonds is 7. The van der Waals surface area contributed by atoms with Crippen molar-refractivity contribution in [1.82, 2.24) is 14.8 Å². The summed E-state index contributed by atoms with van der Waals surface area (Å²) in [5, 5.41) is 7.28. The quantitative estimate of drug-likeness (QED) is 0.502. The first-order valence-corrected chi connectivity index (χ1v) is 8.20. The maximum Gasteiger partial charge on any atom is 0.159 e. The summed E-state index contributed by atoms with van der Waals surface area (Å²) in [6.45, 7) is 2.38. The Labute approximate surface area is 151 Å². The van der Waals surface area contributed by atoms with E-state index in [0.29, 0.717) is 24.5 Å². The molecule has 0 fully saturated rings. The fourth-order valence-corrected chi connectivity index (χ4v) is 2.50. The molecule has 7 heteroatoms. The molecular weight excluding hydrogens is 330 g/mol. The highest BCUT2D eigenvalue weighted by atomic mass is 16.5. The van der Waals surface area contributed by atoms with Crippen LogP contribution >= 0.6 is 0 Å². The molecule has 0 saturated carbocycles. The van der Waals surface area contributed by atoms with Crippen molar-refractivity contribution in [2.75, 3.05) is 11.1 Å². The fraction of sp³-hybridized carbons (Fsp3) is 0.211. The molecule has 0 bridgehead atoms. The second-order valence-corrected chi connectivity index (χ2v) is 5.98. The van der Waals surface area contributed by atoms with Gasteiger partial charge < -0.3 is 15.8 Å². The van der Waals surface area contributed by atoms with Crippen LogP contribution in [0, 0.1) is 0 Å². The zero-order valence-corrected chi connectivity index (χ0v) is 14.8. The second-order valence-electron chi connectivity index (χ2n) is 5.98. The van der Waals surface area contributed by atoms with Crippen LogP contribution in [-0.4, -0.2) is 20.5 Å². The Kier molecular flexibility index (Phi) is 5.28. The zero-order valence-electron chi connectivity index (χ0n) is 14.8. The third kappa shape index (κ3) is 4.25. The van der Waals surface area contributed by atoms with Crippen LogP contribution in [0.2, 0.25) is 0 Å². The minimum Gasteiger partial charge on any atom is -0.397 e. The van der Waals surface area contributed by atoms with E-state index in [1.807, 2.05) is 37.4 Å². The normalized spacial score (nSPS) is 10.7. The first-order chi connectivity index (χ1) is 12.5. The second kappa shape index (κ2) is 7.79. The number of anilines is 3. The van der Waals surface area contributed by atoms with Gasteiger partial charge in [0.25, 0.3) is 0 Å². The van der Waals surface area contributed by atoms with Gasteiger partial charge in [-0.25, -0.2) is 4.98 Å². The number of ether oxygens (including phenoxy) is 1. The molecular formula is C19H21N5O2. The van der Waals surface area contributed by atoms with Crippen molar-refractivity contribution in [3.63, 3.8) is 0 Å². The molecule has 3 aromatic rings. The number of hydrogen-bond acceptors (Lipinski definition) is 6. The van der Waals surface area contributed by atoms with E-state index in [4.69, 9.17) is 10.5 Å². The number of Topliss-reactive ketones (excluding diaryl/α,β-unsaturated/α-hetero) is 1. The van der Waals surface area contributed by atoms with Crippen molar-refractivity contribution in [3.05, 3.63) is 65.7 Å². The van der Waals surface area contributed by atoms with Crippen molar-refractivity contribution in [2.45, 2.75) is 20.1 Å². The lowest BCUT2D eigenvalue weighted by Crippen LogP contribution is -2.03. The lowest BCUT2D eigenvalue weighted by molar-refractivity contribution is 0.0993. The zero-order chi connectivity index (χ0) is 18.5. The molecule has 3 N–H and O–H groups in total. The number of nitrogens with zero attached hydrogens (tertiary/aromatic N) is 3. The van der Waals surface area contributed by atoms with Gasteiger partial charge in [-0.3, -0.25) is 9.48 Å². The minimum atomic E-state index is -0.00897. The predicted octanol–water partition coefficient (Wildman–Crippen LogP) is 3.06. The molecule has 134 valence electrons. The highest BCUT2D eigenvalue weighted by molar-refractivity contribution is 5.96. The molecule has 0 radical (unpaired) electrons. The number of nitrogens with two attached hydrogens (primary N) is 1. The van der Waals surface area contributed by atoms with Gasteiger partial charge in [0, 0.05) is 18.3 Å². The summed E-state index contributed by atoms with van der Waals surface area (Å²) in [4.78, 5) is 15.5. The van der Waals surface area contributed by atoms with Gasteiger partial charge in [-0.15, -0.1) is 0 Å². The van der Waals surface area contributed by atoms with Crippen LogP contribution in [0.1, 0.15) is 28.7 Å². The van der Waals surface area contributed by atoms with Crippen molar-refractivity contribution in [3.8, 4) is 0 Å². The number of nitrogens with one attached hydrogen (secondary N) is 1. The minimum absolute atomic E-state index is 0.00897. The average Bonchev–Trinajstić information content (AvgIpc) is 3.02. The number of hydrogen-bond donors (Lipinski definition) is 2. The molecule has 0 spiro atoms. The summed E-state index contributed by atoms with van der Waals surface area (Å²) in [6, 6.07) is 13.1. The number of aryl methyl sites for hydroxylation is 1. The summed E-state index contributed by atoms with van der Waals surface area (Å²) in [7, 11) is 1.83. The Hall–Kier alpha value is -3.19. The molecule has 0 atom stereocenters. The highest BCUT2D eigenvalue weighted by Crippen LogP contribution is 2.25. The highest BCUT2D eigenvalue weighted by Gasteiger charge is 2.06. The van der Waals surface area contributed by atoms with Gasteiger partial charge in [-0.1, -0.05) is 12.1 Å². The van der Waals surface area contributed by atoms with Gasteiger partial charge >= 0.3 is 0 Å². The summed E-state index contributed by atoms with van der Waals surface area (Å²) in [5.41, 5.74) is 9.84. The van der Waals surface area contributed by atoms with Crippen molar-refractivity contribution >= 4 is 22.8 Å². The molecule has 2 aromatic carbocycles. The van der Waals surface area contributed by atoms with Crippen LogP contribution < -0.4 is 11.1 Å². The summed E-state index contributed by atoms with van der Waals surface area (Å²) < 4.78 is 7.39. The molecule has 7 nitrogen and oxygen atoms in total. The van der Waals surface area contributed by atoms with E-state index in [9.17, 15) is 4.79 Å². The number of benzene rings is 2. The van der Waals surface area contributed by atoms with Crippen LogP contribution in [0.5, 0.6) is 0 Å². The molecule has 26 heavy (non-hydrogen) atoms. The van der Waals surface area contributed by atoms with Crippen LogP contribution in [0.3, 0.4) is 0 Å². The molecule has 0 aliphatic carbocycles. The molecule has 0 aliphatic heterocycles. The maximum absolute atomic E-state index is 11.4. The third-order valence-corrected chi connectivity index (χ3v) is 3.97. The standard InChI is InChI=1S/C19H21N5O2/c1-13(25)15-6-7-18(17(20)9-15)23-16-5-3-4-14(8-16)10-26-11-19-21-12-22-24(19)2/h3-9,12,23H,10-11,20H2,1-2H3. The van der Waals surface area contributed by atoms with Crippen LogP contribution in [0.25, 0.3) is 0 Å². The Morgan fingerprint density at radius 3 is 2.77 bits per heavy atom. The monoisotopic (exact) mass is 351 g/mol. The van der Waals surface area contributed by atoms with E-state index in [1.54, 1.807) is 16.8 Å². The Morgan fingerprint density at radius 2 is 2.08 bits per heavy atom. The number of nitrogen functional groups attached to an aromatic ring is 1. The molecule has 1 heterocycles. The van der Waals surface area contributed by atoms with Crippen LogP contribution in [0.4, 0.5) is 17.1 Å². The van der Waals surface area contributed by atoms with E-state index in [1.165, 1.54) is 13.3 Å². The van der Waals surface area contributed by atoms with Gasteiger partial charge in [0.05, 0.1) is 18.0 Å². The summed E-state index contributed by atoms with van der Waals surface area (Å²) in [5.74, 6) is 0.767. The molecule has 0 unspecified atom stereocenters. The molecule has 3 rings (SSSR count). The number of carbonyl (C=O) groups excluding carboxylic acids is 1. The summed E-state index contributed by atoms with van der Waals surface area (Å²) >= 11 is 0. The van der Waals surface area contributed by atoms with Crippen molar-refractivity contribution in [2.24, 2.45) is 7.05 Å². The Balaban J connectivity index is 1.64. The number of carbonyl (C=O) groups is 1. The molecule has 1 aromatic heterocycles. The summed E-state index contributed by atoms with van der Waals surface area (Å²) in [6.07, 6.45) is 1.50. The number of aromatic nitrogens is 3. The third-order valence-electron chi connectivity index (χ3n) is 3.97. The van der Waals surface area contributed by atoms with Gasteiger partial charge in [0.2, 0.25) is 0 Å². The topological polar surface area (TPSA) is 95.1 Å². The SMILES string of the molecule is CC(=O)c1ccc(Nc2cccc(COCc3ncnn3C)c2)c(N)c1. The maximum atomic E-state index is 11.4. The van der Waals surface area contributed by atoms with Crippen molar-refractivity contribution in [1.29, 1.82) is 0 Å². The average molecular weight is 351 g/mol. The van der Waals surface area contributed by atoms with Gasteiger partial charge in [0.15, 0.2) is 11.6 Å². The van der Waals surface area contributed by atoms with Gasteiger partial charge in [0.1, 0.15) is 12.9 Å². The first kappa shape index (κ1) is 17.6. The van der Waals surface area contributed by atoms with E-state index in [-0.39, 0.29) is 5.78 Å². The van der Waals surface area contributed by atoms with E-state index < -0.39 is 0 Å². The Morgan fingerprint density at radius 1 is 1.23 bits per heavy atom. The molecule has 0 aliphatic rings. The van der Waals surface area contributed by atoms with Gasteiger partial charge in [-0.05, 0) is 42.8 Å². The predicted molar refractivity (Wildman–Crippen MR) is 100 cm³/mol. The smallest absolute Gasteiger partial charge is 0.159 e. The molecule has 0 amide bonds. The fourth-order valence-electron chi connectivity index (χ4n) is 2.50. The van der Waals surface area contributed by atoms with E-state index in [0.717, 1.165) is 22.8 Å². The first-order valence-electron chi connectivity index (χ1n) is 8.20. The molecule has 0 saturated heterocycles.